The summed E-state index contributed by atoms with van der Waals surface area (Å²) >= 11 is 0. The van der Waals surface area contributed by atoms with Crippen LogP contribution in [0.25, 0.3) is 0 Å². The van der Waals surface area contributed by atoms with Crippen molar-refractivity contribution in [3.8, 4) is 5.75 Å². The van der Waals surface area contributed by atoms with Gasteiger partial charge in [-0.2, -0.15) is 0 Å². The standard InChI is InChI=1S/C14H23NO2/c1-5-17-13-8-6-12(7-9-13)15-14(10-16-4)11(2)3/h6-9,11,14-15H,5,10H2,1-4H3. The Bertz CT molecular complexity index is 309. The number of rotatable bonds is 7. The number of anilines is 1. The average molecular weight is 237 g/mol. The van der Waals surface area contributed by atoms with Crippen LogP contribution in [0.2, 0.25) is 0 Å². The second-order valence-corrected chi connectivity index (χ2v) is 4.41. The molecular weight excluding hydrogens is 214 g/mol. The van der Waals surface area contributed by atoms with E-state index in [4.69, 9.17) is 9.47 Å². The van der Waals surface area contributed by atoms with E-state index in [0.29, 0.717) is 25.2 Å². The summed E-state index contributed by atoms with van der Waals surface area (Å²) in [4.78, 5) is 0. The second kappa shape index (κ2) is 7.17. The Kier molecular flexibility index (Phi) is 5.84. The Hall–Kier alpha value is -1.22. The van der Waals surface area contributed by atoms with E-state index in [1.165, 1.54) is 0 Å². The van der Waals surface area contributed by atoms with Gasteiger partial charge in [0.1, 0.15) is 5.75 Å². The van der Waals surface area contributed by atoms with Crippen LogP contribution in [-0.4, -0.2) is 26.4 Å². The lowest BCUT2D eigenvalue weighted by molar-refractivity contribution is 0.171. The molecule has 0 fully saturated rings. The number of methoxy groups -OCH3 is 1. The molecule has 3 nitrogen and oxygen atoms in total. The van der Waals surface area contributed by atoms with Crippen molar-refractivity contribution in [3.05, 3.63) is 24.3 Å². The molecule has 3 heteroatoms. The Morgan fingerprint density at radius 1 is 1.18 bits per heavy atom. The van der Waals surface area contributed by atoms with Crippen LogP contribution in [0.4, 0.5) is 5.69 Å². The van der Waals surface area contributed by atoms with Crippen molar-refractivity contribution < 1.29 is 9.47 Å². The summed E-state index contributed by atoms with van der Waals surface area (Å²) in [5, 5.41) is 3.47. The van der Waals surface area contributed by atoms with Gasteiger partial charge >= 0.3 is 0 Å². The van der Waals surface area contributed by atoms with E-state index in [1.54, 1.807) is 7.11 Å². The van der Waals surface area contributed by atoms with Gasteiger partial charge in [-0.1, -0.05) is 13.8 Å². The van der Waals surface area contributed by atoms with E-state index in [9.17, 15) is 0 Å². The van der Waals surface area contributed by atoms with Crippen LogP contribution in [0.3, 0.4) is 0 Å². The molecule has 0 saturated heterocycles. The Labute approximate surface area is 104 Å². The lowest BCUT2D eigenvalue weighted by atomic mass is 10.1. The molecule has 1 atom stereocenters. The van der Waals surface area contributed by atoms with Gasteiger partial charge < -0.3 is 14.8 Å². The average Bonchev–Trinajstić information content (AvgIpc) is 2.31. The first-order valence-electron chi connectivity index (χ1n) is 6.15. The number of nitrogens with one attached hydrogen (secondary N) is 1. The normalized spacial score (nSPS) is 12.5. The predicted octanol–water partition coefficient (Wildman–Crippen LogP) is 3.17. The quantitative estimate of drug-likeness (QED) is 0.790. The van der Waals surface area contributed by atoms with Crippen molar-refractivity contribution in [1.29, 1.82) is 0 Å². The molecular formula is C14H23NO2. The van der Waals surface area contributed by atoms with E-state index in [2.05, 4.69) is 19.2 Å². The number of benzene rings is 1. The highest BCUT2D eigenvalue weighted by Crippen LogP contribution is 2.18. The topological polar surface area (TPSA) is 30.5 Å². The minimum Gasteiger partial charge on any atom is -0.494 e. The number of hydrogen-bond donors (Lipinski definition) is 1. The van der Waals surface area contributed by atoms with Gasteiger partial charge in [-0.3, -0.25) is 0 Å². The van der Waals surface area contributed by atoms with Gasteiger partial charge in [0.15, 0.2) is 0 Å². The highest BCUT2D eigenvalue weighted by molar-refractivity contribution is 5.47. The van der Waals surface area contributed by atoms with Gasteiger partial charge in [0.2, 0.25) is 0 Å². The van der Waals surface area contributed by atoms with Gasteiger partial charge in [0.05, 0.1) is 19.3 Å². The first-order valence-corrected chi connectivity index (χ1v) is 6.15. The molecule has 0 spiro atoms. The molecule has 1 rings (SSSR count). The van der Waals surface area contributed by atoms with E-state index < -0.39 is 0 Å². The van der Waals surface area contributed by atoms with Gasteiger partial charge in [0.25, 0.3) is 0 Å². The molecule has 0 aromatic heterocycles. The zero-order chi connectivity index (χ0) is 12.7. The van der Waals surface area contributed by atoms with Gasteiger partial charge in [-0.25, -0.2) is 0 Å². The largest absolute Gasteiger partial charge is 0.494 e. The molecule has 0 heterocycles. The fourth-order valence-electron chi connectivity index (χ4n) is 1.61. The Morgan fingerprint density at radius 2 is 1.82 bits per heavy atom. The summed E-state index contributed by atoms with van der Waals surface area (Å²) in [6, 6.07) is 8.37. The Balaban J connectivity index is 2.60. The third-order valence-electron chi connectivity index (χ3n) is 2.67. The van der Waals surface area contributed by atoms with E-state index in [-0.39, 0.29) is 0 Å². The summed E-state index contributed by atoms with van der Waals surface area (Å²) in [5.74, 6) is 1.44. The summed E-state index contributed by atoms with van der Waals surface area (Å²) in [7, 11) is 1.73. The monoisotopic (exact) mass is 237 g/mol. The van der Waals surface area contributed by atoms with Crippen LogP contribution >= 0.6 is 0 Å². The summed E-state index contributed by atoms with van der Waals surface area (Å²) in [5.41, 5.74) is 1.10. The molecule has 1 aromatic carbocycles. The van der Waals surface area contributed by atoms with Crippen molar-refractivity contribution >= 4 is 5.69 Å². The first-order chi connectivity index (χ1) is 8.17. The molecule has 0 bridgehead atoms. The molecule has 0 amide bonds. The van der Waals surface area contributed by atoms with Crippen molar-refractivity contribution in [2.75, 3.05) is 25.6 Å². The molecule has 17 heavy (non-hydrogen) atoms. The number of hydrogen-bond acceptors (Lipinski definition) is 3. The SMILES string of the molecule is CCOc1ccc(NC(COC)C(C)C)cc1. The zero-order valence-corrected chi connectivity index (χ0v) is 11.2. The van der Waals surface area contributed by atoms with Crippen molar-refractivity contribution in [2.45, 2.75) is 26.8 Å². The molecule has 0 aliphatic carbocycles. The van der Waals surface area contributed by atoms with Crippen LogP contribution in [0, 0.1) is 5.92 Å². The fourth-order valence-corrected chi connectivity index (χ4v) is 1.61. The first kappa shape index (κ1) is 13.8. The highest BCUT2D eigenvalue weighted by Gasteiger charge is 2.12. The maximum absolute atomic E-state index is 5.41. The van der Waals surface area contributed by atoms with Gasteiger partial charge in [0, 0.05) is 12.8 Å². The van der Waals surface area contributed by atoms with Crippen molar-refractivity contribution in [1.82, 2.24) is 0 Å². The van der Waals surface area contributed by atoms with Crippen LogP contribution in [0.5, 0.6) is 5.75 Å². The van der Waals surface area contributed by atoms with E-state index in [0.717, 1.165) is 11.4 Å². The third-order valence-corrected chi connectivity index (χ3v) is 2.67. The fraction of sp³-hybridized carbons (Fsp3) is 0.571. The van der Waals surface area contributed by atoms with E-state index >= 15 is 0 Å². The van der Waals surface area contributed by atoms with Crippen LogP contribution < -0.4 is 10.1 Å². The minimum atomic E-state index is 0.331. The smallest absolute Gasteiger partial charge is 0.119 e. The molecule has 96 valence electrons. The predicted molar refractivity (Wildman–Crippen MR) is 71.7 cm³/mol. The minimum absolute atomic E-state index is 0.331. The van der Waals surface area contributed by atoms with E-state index in [1.807, 2.05) is 31.2 Å². The number of ether oxygens (including phenoxy) is 2. The van der Waals surface area contributed by atoms with Crippen LogP contribution in [-0.2, 0) is 4.74 Å². The van der Waals surface area contributed by atoms with Gasteiger partial charge in [-0.15, -0.1) is 0 Å². The van der Waals surface area contributed by atoms with Crippen LogP contribution in [0.1, 0.15) is 20.8 Å². The third kappa shape index (κ3) is 4.65. The molecule has 0 aliphatic heterocycles. The Morgan fingerprint density at radius 3 is 2.29 bits per heavy atom. The molecule has 0 radical (unpaired) electrons. The van der Waals surface area contributed by atoms with Crippen molar-refractivity contribution in [3.63, 3.8) is 0 Å². The lowest BCUT2D eigenvalue weighted by Crippen LogP contribution is -2.30. The molecule has 1 aromatic rings. The second-order valence-electron chi connectivity index (χ2n) is 4.41. The van der Waals surface area contributed by atoms with Crippen molar-refractivity contribution in [2.24, 2.45) is 5.92 Å². The van der Waals surface area contributed by atoms with Crippen LogP contribution in [0.15, 0.2) is 24.3 Å². The maximum Gasteiger partial charge on any atom is 0.119 e. The summed E-state index contributed by atoms with van der Waals surface area (Å²) < 4.78 is 10.6. The summed E-state index contributed by atoms with van der Waals surface area (Å²) in [6.45, 7) is 7.77. The molecule has 1 unspecified atom stereocenters. The lowest BCUT2D eigenvalue weighted by Gasteiger charge is -2.22. The molecule has 1 N–H and O–H groups in total. The summed E-state index contributed by atoms with van der Waals surface area (Å²) in [6.07, 6.45) is 0. The zero-order valence-electron chi connectivity index (χ0n) is 11.2. The van der Waals surface area contributed by atoms with Gasteiger partial charge in [-0.05, 0) is 37.1 Å². The molecule has 0 saturated carbocycles. The maximum atomic E-state index is 5.41. The highest BCUT2D eigenvalue weighted by atomic mass is 16.5. The molecule has 0 aliphatic rings.